The van der Waals surface area contributed by atoms with Crippen molar-refractivity contribution in [3.05, 3.63) is 102 Å². The van der Waals surface area contributed by atoms with Gasteiger partial charge in [0.15, 0.2) is 0 Å². The molecule has 0 bridgehead atoms. The highest BCUT2D eigenvalue weighted by atomic mass is 16.5. The Balaban J connectivity index is 1.14. The number of nitrogens with one attached hydrogen (secondary N) is 2. The average molecular weight is 425 g/mol. The van der Waals surface area contributed by atoms with Crippen molar-refractivity contribution in [2.75, 3.05) is 6.54 Å². The summed E-state index contributed by atoms with van der Waals surface area (Å²) in [5, 5.41) is 4.19. The van der Waals surface area contributed by atoms with Gasteiger partial charge in [-0.2, -0.15) is 0 Å². The van der Waals surface area contributed by atoms with Crippen LogP contribution in [0.15, 0.2) is 79.3 Å². The fourth-order valence-electron chi connectivity index (χ4n) is 3.84. The van der Waals surface area contributed by atoms with Crippen LogP contribution in [0.2, 0.25) is 0 Å². The van der Waals surface area contributed by atoms with E-state index in [0.717, 1.165) is 23.3 Å². The van der Waals surface area contributed by atoms with Gasteiger partial charge >= 0.3 is 0 Å². The maximum Gasteiger partial charge on any atom is 0.251 e. The molecule has 0 atom stereocenters. The number of pyridine rings is 1. The summed E-state index contributed by atoms with van der Waals surface area (Å²) in [6, 6.07) is 19.4. The van der Waals surface area contributed by atoms with Crippen LogP contribution in [0.25, 0.3) is 16.6 Å². The quantitative estimate of drug-likeness (QED) is 0.399. The molecule has 6 heteroatoms. The molecule has 0 spiro atoms. The van der Waals surface area contributed by atoms with Gasteiger partial charge in [-0.1, -0.05) is 24.3 Å². The van der Waals surface area contributed by atoms with E-state index in [2.05, 4.69) is 34.3 Å². The fraction of sp³-hybridized carbons (Fsp3) is 0.154. The highest BCUT2D eigenvalue weighted by Gasteiger charge is 2.08. The van der Waals surface area contributed by atoms with Gasteiger partial charge in [-0.05, 0) is 60.9 Å². The molecule has 0 fully saturated rings. The summed E-state index contributed by atoms with van der Waals surface area (Å²) in [4.78, 5) is 20.3. The number of imidazole rings is 1. The lowest BCUT2D eigenvalue weighted by atomic mass is 10.1. The number of aromatic amines is 1. The molecule has 0 saturated heterocycles. The normalized spacial score (nSPS) is 11.2. The molecule has 3 aromatic heterocycles. The summed E-state index contributed by atoms with van der Waals surface area (Å²) in [6.07, 6.45) is 6.79. The SMILES string of the molecule is Cc1ccc2nc(COc3ccc(C(=O)NCCc4c[nH]c5ccccc45)cc3)cn2c1. The molecule has 5 rings (SSSR count). The largest absolute Gasteiger partial charge is 0.487 e. The van der Waals surface area contributed by atoms with Crippen molar-refractivity contribution >= 4 is 22.5 Å². The molecular weight excluding hydrogens is 400 g/mol. The molecule has 3 heterocycles. The zero-order valence-electron chi connectivity index (χ0n) is 17.8. The first kappa shape index (κ1) is 19.9. The number of nitrogens with zero attached hydrogens (tertiary/aromatic N) is 2. The first-order valence-corrected chi connectivity index (χ1v) is 10.7. The number of amides is 1. The number of carbonyl (C=O) groups is 1. The Labute approximate surface area is 185 Å². The summed E-state index contributed by atoms with van der Waals surface area (Å²) < 4.78 is 7.84. The van der Waals surface area contributed by atoms with E-state index in [-0.39, 0.29) is 5.91 Å². The van der Waals surface area contributed by atoms with Crippen LogP contribution < -0.4 is 10.1 Å². The zero-order valence-corrected chi connectivity index (χ0v) is 17.8. The topological polar surface area (TPSA) is 71.4 Å². The van der Waals surface area contributed by atoms with Gasteiger partial charge in [0.25, 0.3) is 5.91 Å². The third kappa shape index (κ3) is 4.21. The molecule has 5 aromatic rings. The molecule has 0 saturated carbocycles. The second-order valence-corrected chi connectivity index (χ2v) is 7.88. The monoisotopic (exact) mass is 424 g/mol. The number of H-pyrrole nitrogens is 1. The van der Waals surface area contributed by atoms with Crippen LogP contribution in [0.5, 0.6) is 5.75 Å². The number of fused-ring (bicyclic) bond motifs is 2. The number of hydrogen-bond donors (Lipinski definition) is 2. The summed E-state index contributed by atoms with van der Waals surface area (Å²) >= 11 is 0. The standard InChI is InChI=1S/C26H24N4O2/c1-18-6-11-25-29-21(16-30(25)15-18)17-32-22-9-7-19(8-10-22)26(31)27-13-12-20-14-28-24-5-3-2-4-23(20)24/h2-11,14-16,28H,12-13,17H2,1H3,(H,27,31). The third-order valence-corrected chi connectivity index (χ3v) is 5.51. The van der Waals surface area contributed by atoms with Crippen LogP contribution in [0.3, 0.4) is 0 Å². The van der Waals surface area contributed by atoms with E-state index < -0.39 is 0 Å². The molecule has 6 nitrogen and oxygen atoms in total. The van der Waals surface area contributed by atoms with Gasteiger partial charge in [-0.3, -0.25) is 4.79 Å². The number of aryl methyl sites for hydroxylation is 1. The van der Waals surface area contributed by atoms with Gasteiger partial charge in [-0.15, -0.1) is 0 Å². The van der Waals surface area contributed by atoms with E-state index in [1.165, 1.54) is 16.5 Å². The number of hydrogen-bond acceptors (Lipinski definition) is 3. The van der Waals surface area contributed by atoms with Crippen molar-refractivity contribution in [1.82, 2.24) is 19.7 Å². The number of para-hydroxylation sites is 1. The van der Waals surface area contributed by atoms with Crippen molar-refractivity contribution in [3.8, 4) is 5.75 Å². The van der Waals surface area contributed by atoms with Gasteiger partial charge in [0.05, 0.1) is 5.69 Å². The Morgan fingerprint density at radius 1 is 1.06 bits per heavy atom. The van der Waals surface area contributed by atoms with Crippen molar-refractivity contribution in [3.63, 3.8) is 0 Å². The molecule has 0 radical (unpaired) electrons. The average Bonchev–Trinajstić information content (AvgIpc) is 3.41. The molecule has 0 unspecified atom stereocenters. The summed E-state index contributed by atoms with van der Waals surface area (Å²) in [6.45, 7) is 3.00. The maximum atomic E-state index is 12.5. The van der Waals surface area contributed by atoms with Gasteiger partial charge in [0.2, 0.25) is 0 Å². The summed E-state index contributed by atoms with van der Waals surface area (Å²) in [5.74, 6) is 0.612. The van der Waals surface area contributed by atoms with Crippen molar-refractivity contribution < 1.29 is 9.53 Å². The van der Waals surface area contributed by atoms with Crippen LogP contribution >= 0.6 is 0 Å². The third-order valence-electron chi connectivity index (χ3n) is 5.51. The van der Waals surface area contributed by atoms with E-state index in [1.807, 2.05) is 59.4 Å². The Morgan fingerprint density at radius 3 is 2.78 bits per heavy atom. The minimum absolute atomic E-state index is 0.0906. The van der Waals surface area contributed by atoms with Crippen LogP contribution in [0.4, 0.5) is 0 Å². The maximum absolute atomic E-state index is 12.5. The Morgan fingerprint density at radius 2 is 1.91 bits per heavy atom. The van der Waals surface area contributed by atoms with Crippen LogP contribution in [0.1, 0.15) is 27.2 Å². The smallest absolute Gasteiger partial charge is 0.251 e. The minimum Gasteiger partial charge on any atom is -0.487 e. The predicted molar refractivity (Wildman–Crippen MR) is 125 cm³/mol. The molecule has 2 aromatic carbocycles. The van der Waals surface area contributed by atoms with Crippen LogP contribution in [-0.2, 0) is 13.0 Å². The molecule has 0 aliphatic rings. The Kier molecular flexibility index (Phi) is 5.34. The van der Waals surface area contributed by atoms with Gasteiger partial charge in [0, 0.05) is 41.6 Å². The van der Waals surface area contributed by atoms with Crippen molar-refractivity contribution in [2.45, 2.75) is 20.0 Å². The predicted octanol–water partition coefficient (Wildman–Crippen LogP) is 4.68. The highest BCUT2D eigenvalue weighted by Crippen LogP contribution is 2.18. The number of aromatic nitrogens is 3. The summed E-state index contributed by atoms with van der Waals surface area (Å²) in [7, 11) is 0. The lowest BCUT2D eigenvalue weighted by Gasteiger charge is -2.07. The highest BCUT2D eigenvalue weighted by molar-refractivity contribution is 5.94. The van der Waals surface area contributed by atoms with Crippen LogP contribution in [0, 0.1) is 6.92 Å². The first-order chi connectivity index (χ1) is 15.7. The molecule has 1 amide bonds. The minimum atomic E-state index is -0.0906. The molecule has 0 aliphatic carbocycles. The Hall–Kier alpha value is -4.06. The number of rotatable bonds is 7. The summed E-state index contributed by atoms with van der Waals surface area (Å²) in [5.41, 5.74) is 5.86. The Bertz CT molecular complexity index is 1380. The second-order valence-electron chi connectivity index (χ2n) is 7.88. The molecule has 0 aliphatic heterocycles. The molecule has 2 N–H and O–H groups in total. The number of benzene rings is 2. The van der Waals surface area contributed by atoms with Gasteiger partial charge < -0.3 is 19.4 Å². The second kappa shape index (κ2) is 8.59. The fourth-order valence-corrected chi connectivity index (χ4v) is 3.84. The van der Waals surface area contributed by atoms with E-state index in [4.69, 9.17) is 4.74 Å². The zero-order chi connectivity index (χ0) is 21.9. The lowest BCUT2D eigenvalue weighted by Crippen LogP contribution is -2.25. The molecule has 160 valence electrons. The molecule has 32 heavy (non-hydrogen) atoms. The van der Waals surface area contributed by atoms with Gasteiger partial charge in [0.1, 0.15) is 18.0 Å². The van der Waals surface area contributed by atoms with Crippen molar-refractivity contribution in [1.29, 1.82) is 0 Å². The van der Waals surface area contributed by atoms with E-state index in [0.29, 0.717) is 24.5 Å². The number of ether oxygens (including phenoxy) is 1. The van der Waals surface area contributed by atoms with Crippen LogP contribution in [-0.4, -0.2) is 26.8 Å². The van der Waals surface area contributed by atoms with Gasteiger partial charge in [-0.25, -0.2) is 4.98 Å². The van der Waals surface area contributed by atoms with E-state index in [1.54, 1.807) is 12.1 Å². The van der Waals surface area contributed by atoms with E-state index in [9.17, 15) is 4.79 Å². The lowest BCUT2D eigenvalue weighted by molar-refractivity contribution is 0.0954. The number of carbonyl (C=O) groups excluding carboxylic acids is 1. The first-order valence-electron chi connectivity index (χ1n) is 10.7. The molecular formula is C26H24N4O2. The van der Waals surface area contributed by atoms with E-state index >= 15 is 0 Å². The van der Waals surface area contributed by atoms with Crippen molar-refractivity contribution in [2.24, 2.45) is 0 Å².